The summed E-state index contributed by atoms with van der Waals surface area (Å²) in [6.45, 7) is 3.44. The van der Waals surface area contributed by atoms with Crippen LogP contribution in [0.1, 0.15) is 33.8 Å². The van der Waals surface area contributed by atoms with Crippen LogP contribution in [0.4, 0.5) is 5.69 Å². The maximum absolute atomic E-state index is 13.4. The van der Waals surface area contributed by atoms with Gasteiger partial charge in [0.25, 0.3) is 5.56 Å². The minimum atomic E-state index is -0.845. The molecular formula is C30H25N3O5S. The van der Waals surface area contributed by atoms with Crippen LogP contribution in [0.2, 0.25) is 0 Å². The summed E-state index contributed by atoms with van der Waals surface area (Å²) in [5.74, 6) is 0.437. The molecule has 9 heteroatoms. The van der Waals surface area contributed by atoms with Gasteiger partial charge in [0.05, 0.1) is 11.7 Å². The number of anilines is 1. The van der Waals surface area contributed by atoms with Gasteiger partial charge in [-0.2, -0.15) is 0 Å². The van der Waals surface area contributed by atoms with Crippen molar-refractivity contribution >= 4 is 39.1 Å². The fraction of sp³-hybridized carbons (Fsp3) is 0.133. The van der Waals surface area contributed by atoms with E-state index in [0.29, 0.717) is 37.8 Å². The zero-order chi connectivity index (χ0) is 27.4. The van der Waals surface area contributed by atoms with Crippen LogP contribution in [0.15, 0.2) is 96.1 Å². The molecule has 39 heavy (non-hydrogen) atoms. The van der Waals surface area contributed by atoms with Crippen molar-refractivity contribution in [1.82, 2.24) is 9.55 Å². The number of carbonyl (C=O) groups is 2. The molecule has 0 fully saturated rings. The number of rotatable bonds is 8. The zero-order valence-electron chi connectivity index (χ0n) is 21.3. The van der Waals surface area contributed by atoms with Crippen LogP contribution in [0, 0.1) is 6.92 Å². The number of thiophene rings is 1. The second-order valence-electron chi connectivity index (χ2n) is 8.86. The highest BCUT2D eigenvalue weighted by molar-refractivity contribution is 7.20. The van der Waals surface area contributed by atoms with Gasteiger partial charge >= 0.3 is 5.97 Å². The van der Waals surface area contributed by atoms with E-state index in [4.69, 9.17) is 9.47 Å². The quantitative estimate of drug-likeness (QED) is 0.239. The molecule has 5 rings (SSSR count). The molecule has 0 radical (unpaired) electrons. The Labute approximate surface area is 228 Å². The van der Waals surface area contributed by atoms with E-state index in [0.717, 1.165) is 16.9 Å². The van der Waals surface area contributed by atoms with Gasteiger partial charge in [-0.3, -0.25) is 14.2 Å². The topological polar surface area (TPSA) is 99.5 Å². The number of esters is 1. The summed E-state index contributed by atoms with van der Waals surface area (Å²) in [4.78, 5) is 44.2. The SMILES string of the molecule is Cc1c(C(=O)OCc2ccccc2)sc2ncn(C(C)C(=O)Nc3ccc(Oc4ccccc4)cc3)c(=O)c12. The maximum Gasteiger partial charge on any atom is 0.349 e. The summed E-state index contributed by atoms with van der Waals surface area (Å²) in [5, 5.41) is 3.13. The number of nitrogens with one attached hydrogen (secondary N) is 1. The first-order chi connectivity index (χ1) is 18.9. The van der Waals surface area contributed by atoms with Crippen LogP contribution in [0.3, 0.4) is 0 Å². The lowest BCUT2D eigenvalue weighted by Crippen LogP contribution is -2.31. The third-order valence-electron chi connectivity index (χ3n) is 6.17. The van der Waals surface area contributed by atoms with Crippen LogP contribution in [-0.2, 0) is 16.1 Å². The molecule has 1 unspecified atom stereocenters. The summed E-state index contributed by atoms with van der Waals surface area (Å²) >= 11 is 1.10. The highest BCUT2D eigenvalue weighted by Gasteiger charge is 2.23. The predicted octanol–water partition coefficient (Wildman–Crippen LogP) is 6.12. The van der Waals surface area contributed by atoms with Gasteiger partial charge in [-0.1, -0.05) is 48.5 Å². The second kappa shape index (κ2) is 11.3. The van der Waals surface area contributed by atoms with E-state index in [-0.39, 0.29) is 12.5 Å². The average Bonchev–Trinajstić information content (AvgIpc) is 3.30. The van der Waals surface area contributed by atoms with Gasteiger partial charge in [0.2, 0.25) is 5.91 Å². The summed E-state index contributed by atoms with van der Waals surface area (Å²) in [6.07, 6.45) is 1.33. The largest absolute Gasteiger partial charge is 0.457 e. The van der Waals surface area contributed by atoms with Gasteiger partial charge < -0.3 is 14.8 Å². The van der Waals surface area contributed by atoms with Crippen molar-refractivity contribution in [2.24, 2.45) is 0 Å². The molecule has 2 heterocycles. The van der Waals surface area contributed by atoms with Gasteiger partial charge in [0.15, 0.2) is 0 Å². The van der Waals surface area contributed by atoms with Crippen molar-refractivity contribution < 1.29 is 19.1 Å². The number of ether oxygens (including phenoxy) is 2. The molecule has 8 nitrogen and oxygen atoms in total. The Morgan fingerprint density at radius 2 is 1.59 bits per heavy atom. The number of aryl methyl sites for hydroxylation is 1. The molecule has 1 N–H and O–H groups in total. The second-order valence-corrected chi connectivity index (χ2v) is 9.86. The van der Waals surface area contributed by atoms with Crippen molar-refractivity contribution in [1.29, 1.82) is 0 Å². The number of aromatic nitrogens is 2. The van der Waals surface area contributed by atoms with Crippen molar-refractivity contribution in [3.05, 3.63) is 118 Å². The highest BCUT2D eigenvalue weighted by Crippen LogP contribution is 2.28. The maximum atomic E-state index is 13.4. The first kappa shape index (κ1) is 25.9. The molecule has 2 aromatic heterocycles. The van der Waals surface area contributed by atoms with Gasteiger partial charge in [0.1, 0.15) is 33.9 Å². The lowest BCUT2D eigenvalue weighted by Gasteiger charge is -2.15. The molecular weight excluding hydrogens is 514 g/mol. The van der Waals surface area contributed by atoms with Crippen LogP contribution in [-0.4, -0.2) is 21.4 Å². The summed E-state index contributed by atoms with van der Waals surface area (Å²) < 4.78 is 12.5. The molecule has 0 aliphatic heterocycles. The normalized spacial score (nSPS) is 11.6. The van der Waals surface area contributed by atoms with Gasteiger partial charge in [-0.15, -0.1) is 11.3 Å². The Bertz CT molecular complexity index is 1680. The molecule has 0 aliphatic rings. The molecule has 1 atom stereocenters. The smallest absolute Gasteiger partial charge is 0.349 e. The van der Waals surface area contributed by atoms with Crippen LogP contribution in [0.5, 0.6) is 11.5 Å². The van der Waals surface area contributed by atoms with Crippen molar-refractivity contribution in [3.8, 4) is 11.5 Å². The molecule has 0 saturated heterocycles. The molecule has 0 bridgehead atoms. The molecule has 0 saturated carbocycles. The molecule has 0 aliphatic carbocycles. The van der Waals surface area contributed by atoms with E-state index in [1.165, 1.54) is 10.9 Å². The number of hydrogen-bond donors (Lipinski definition) is 1. The Kier molecular flexibility index (Phi) is 7.51. The Balaban J connectivity index is 1.29. The Morgan fingerprint density at radius 1 is 0.949 bits per heavy atom. The standard InChI is InChI=1S/C30H25N3O5S/c1-19-25-28(39-26(19)30(36)37-17-21-9-5-3-6-10-21)31-18-33(29(25)35)20(2)27(34)32-22-13-15-24(16-14-22)38-23-11-7-4-8-12-23/h3-16,18,20H,17H2,1-2H3,(H,32,34). The number of carbonyl (C=O) groups excluding carboxylic acids is 2. The van der Waals surface area contributed by atoms with Crippen LogP contribution < -0.4 is 15.6 Å². The minimum absolute atomic E-state index is 0.127. The average molecular weight is 540 g/mol. The lowest BCUT2D eigenvalue weighted by atomic mass is 10.2. The van der Waals surface area contributed by atoms with Crippen LogP contribution in [0.25, 0.3) is 10.2 Å². The van der Waals surface area contributed by atoms with Gasteiger partial charge in [-0.05, 0) is 61.4 Å². The van der Waals surface area contributed by atoms with Crippen molar-refractivity contribution in [3.63, 3.8) is 0 Å². The van der Waals surface area contributed by atoms with E-state index in [9.17, 15) is 14.4 Å². The number of fused-ring (bicyclic) bond motifs is 1. The van der Waals surface area contributed by atoms with Gasteiger partial charge in [0, 0.05) is 5.69 Å². The number of para-hydroxylation sites is 1. The summed E-state index contributed by atoms with van der Waals surface area (Å²) in [6, 6.07) is 24.8. The van der Waals surface area contributed by atoms with E-state index in [1.54, 1.807) is 38.1 Å². The third-order valence-corrected chi connectivity index (χ3v) is 7.35. The predicted molar refractivity (Wildman–Crippen MR) is 150 cm³/mol. The van der Waals surface area contributed by atoms with E-state index in [1.807, 2.05) is 60.7 Å². The third kappa shape index (κ3) is 5.73. The van der Waals surface area contributed by atoms with Crippen molar-refractivity contribution in [2.45, 2.75) is 26.5 Å². The summed E-state index contributed by atoms with van der Waals surface area (Å²) in [7, 11) is 0. The van der Waals surface area contributed by atoms with Gasteiger partial charge in [-0.25, -0.2) is 9.78 Å². The molecule has 3 aromatic carbocycles. The Hall–Kier alpha value is -4.76. The monoisotopic (exact) mass is 539 g/mol. The minimum Gasteiger partial charge on any atom is -0.457 e. The number of amides is 1. The molecule has 0 spiro atoms. The number of hydrogen-bond acceptors (Lipinski definition) is 7. The fourth-order valence-corrected chi connectivity index (χ4v) is 5.03. The van der Waals surface area contributed by atoms with Crippen molar-refractivity contribution in [2.75, 3.05) is 5.32 Å². The van der Waals surface area contributed by atoms with Crippen LogP contribution >= 0.6 is 11.3 Å². The highest BCUT2D eigenvalue weighted by atomic mass is 32.1. The van der Waals surface area contributed by atoms with E-state index in [2.05, 4.69) is 10.3 Å². The number of nitrogens with zero attached hydrogens (tertiary/aromatic N) is 2. The number of benzene rings is 3. The summed E-state index contributed by atoms with van der Waals surface area (Å²) in [5.41, 5.74) is 1.51. The Morgan fingerprint density at radius 3 is 2.28 bits per heavy atom. The lowest BCUT2D eigenvalue weighted by molar-refractivity contribution is -0.118. The van der Waals surface area contributed by atoms with E-state index >= 15 is 0 Å². The molecule has 196 valence electrons. The fourth-order valence-electron chi connectivity index (χ4n) is 4.00. The molecule has 5 aromatic rings. The zero-order valence-corrected chi connectivity index (χ0v) is 22.1. The first-order valence-corrected chi connectivity index (χ1v) is 13.1. The molecule has 1 amide bonds. The van der Waals surface area contributed by atoms with E-state index < -0.39 is 17.6 Å². The first-order valence-electron chi connectivity index (χ1n) is 12.3.